The molecular formula is C9H14N2O3. The topological polar surface area (TPSA) is 68.4 Å². The molecule has 0 aliphatic carbocycles. The van der Waals surface area contributed by atoms with Crippen LogP contribution in [0.3, 0.4) is 0 Å². The molecule has 0 bridgehead atoms. The Balaban J connectivity index is 2.19. The van der Waals surface area contributed by atoms with Crippen molar-refractivity contribution < 1.29 is 14.4 Å². The third kappa shape index (κ3) is 1.65. The van der Waals surface area contributed by atoms with Crippen molar-refractivity contribution in [3.05, 3.63) is 11.7 Å². The first-order chi connectivity index (χ1) is 6.74. The molecule has 1 fully saturated rings. The van der Waals surface area contributed by atoms with Crippen molar-refractivity contribution in [2.45, 2.75) is 38.4 Å². The second kappa shape index (κ2) is 3.67. The molecule has 1 N–H and O–H groups in total. The first kappa shape index (κ1) is 9.61. The quantitative estimate of drug-likeness (QED) is 0.767. The lowest BCUT2D eigenvalue weighted by molar-refractivity contribution is -0.0770. The summed E-state index contributed by atoms with van der Waals surface area (Å²) in [4.78, 5) is 4.07. The van der Waals surface area contributed by atoms with Crippen LogP contribution in [0, 0.1) is 0 Å². The van der Waals surface area contributed by atoms with Crippen LogP contribution in [-0.4, -0.2) is 21.9 Å². The van der Waals surface area contributed by atoms with Crippen molar-refractivity contribution in [2.24, 2.45) is 0 Å². The molecule has 1 aliphatic heterocycles. The SMILES string of the molecule is CC1(c2noc(CO)n2)CCCCO1. The summed E-state index contributed by atoms with van der Waals surface area (Å²) in [5.74, 6) is 0.789. The monoisotopic (exact) mass is 198 g/mol. The second-order valence-corrected chi connectivity index (χ2v) is 3.71. The zero-order chi connectivity index (χ0) is 10.0. The molecule has 0 spiro atoms. The molecule has 0 aromatic carbocycles. The van der Waals surface area contributed by atoms with E-state index in [-0.39, 0.29) is 12.5 Å². The van der Waals surface area contributed by atoms with Gasteiger partial charge in [0.1, 0.15) is 12.2 Å². The highest BCUT2D eigenvalue weighted by Gasteiger charge is 2.34. The average Bonchev–Trinajstić information content (AvgIpc) is 2.67. The lowest BCUT2D eigenvalue weighted by Gasteiger charge is -2.30. The summed E-state index contributed by atoms with van der Waals surface area (Å²) in [5, 5.41) is 12.6. The van der Waals surface area contributed by atoms with Crippen LogP contribution >= 0.6 is 0 Å². The number of hydrogen-bond donors (Lipinski definition) is 1. The lowest BCUT2D eigenvalue weighted by atomic mass is 9.95. The van der Waals surface area contributed by atoms with Gasteiger partial charge in [0.25, 0.3) is 5.89 Å². The van der Waals surface area contributed by atoms with Crippen LogP contribution in [-0.2, 0) is 16.9 Å². The smallest absolute Gasteiger partial charge is 0.252 e. The Hall–Kier alpha value is -0.940. The Morgan fingerprint density at radius 3 is 2.93 bits per heavy atom. The van der Waals surface area contributed by atoms with Gasteiger partial charge >= 0.3 is 0 Å². The predicted octanol–water partition coefficient (Wildman–Crippen LogP) is 0.978. The minimum Gasteiger partial charge on any atom is -0.387 e. The van der Waals surface area contributed by atoms with Gasteiger partial charge in [-0.15, -0.1) is 0 Å². The Kier molecular flexibility index (Phi) is 2.52. The van der Waals surface area contributed by atoms with Gasteiger partial charge in [-0.2, -0.15) is 4.98 Å². The summed E-state index contributed by atoms with van der Waals surface area (Å²) in [6.45, 7) is 2.47. The molecule has 78 valence electrons. The van der Waals surface area contributed by atoms with E-state index in [1.165, 1.54) is 0 Å². The third-order valence-corrected chi connectivity index (χ3v) is 2.55. The van der Waals surface area contributed by atoms with E-state index in [0.717, 1.165) is 25.9 Å². The highest BCUT2D eigenvalue weighted by molar-refractivity contribution is 5.00. The molecule has 1 aromatic rings. The lowest BCUT2D eigenvalue weighted by Crippen LogP contribution is -2.31. The number of aromatic nitrogens is 2. The molecule has 1 aliphatic rings. The van der Waals surface area contributed by atoms with Crippen LogP contribution in [0.15, 0.2) is 4.52 Å². The molecule has 5 heteroatoms. The van der Waals surface area contributed by atoms with E-state index in [4.69, 9.17) is 14.4 Å². The van der Waals surface area contributed by atoms with E-state index in [1.54, 1.807) is 0 Å². The Labute approximate surface area is 82.1 Å². The van der Waals surface area contributed by atoms with Gasteiger partial charge in [-0.05, 0) is 26.2 Å². The molecule has 0 radical (unpaired) electrons. The zero-order valence-electron chi connectivity index (χ0n) is 8.19. The third-order valence-electron chi connectivity index (χ3n) is 2.55. The Bertz CT molecular complexity index is 305. The van der Waals surface area contributed by atoms with E-state index in [1.807, 2.05) is 6.92 Å². The number of aliphatic hydroxyl groups is 1. The summed E-state index contributed by atoms with van der Waals surface area (Å²) < 4.78 is 10.5. The maximum atomic E-state index is 8.80. The van der Waals surface area contributed by atoms with E-state index in [9.17, 15) is 0 Å². The molecule has 1 atom stereocenters. The van der Waals surface area contributed by atoms with Gasteiger partial charge in [-0.1, -0.05) is 5.16 Å². The summed E-state index contributed by atoms with van der Waals surface area (Å²) in [5.41, 5.74) is -0.435. The van der Waals surface area contributed by atoms with Gasteiger partial charge in [0, 0.05) is 6.61 Å². The van der Waals surface area contributed by atoms with Crippen molar-refractivity contribution >= 4 is 0 Å². The Morgan fingerprint density at radius 2 is 2.36 bits per heavy atom. The minimum absolute atomic E-state index is 0.219. The highest BCUT2D eigenvalue weighted by atomic mass is 16.5. The molecular weight excluding hydrogens is 184 g/mol. The molecule has 0 amide bonds. The number of aliphatic hydroxyl groups excluding tert-OH is 1. The van der Waals surface area contributed by atoms with Crippen LogP contribution in [0.25, 0.3) is 0 Å². The normalized spacial score (nSPS) is 27.9. The summed E-state index contributed by atoms with van der Waals surface area (Å²) in [7, 11) is 0. The second-order valence-electron chi connectivity index (χ2n) is 3.71. The van der Waals surface area contributed by atoms with E-state index < -0.39 is 5.60 Å². The van der Waals surface area contributed by atoms with Gasteiger partial charge in [-0.25, -0.2) is 0 Å². The molecule has 2 rings (SSSR count). The van der Waals surface area contributed by atoms with Crippen LogP contribution in [0.5, 0.6) is 0 Å². The van der Waals surface area contributed by atoms with Crippen molar-refractivity contribution in [2.75, 3.05) is 6.61 Å². The molecule has 2 heterocycles. The summed E-state index contributed by atoms with van der Waals surface area (Å²) in [6, 6.07) is 0. The molecule has 1 aromatic heterocycles. The van der Waals surface area contributed by atoms with Crippen LogP contribution in [0.1, 0.15) is 37.9 Å². The van der Waals surface area contributed by atoms with Gasteiger partial charge in [0.2, 0.25) is 5.82 Å². The molecule has 0 saturated carbocycles. The summed E-state index contributed by atoms with van der Waals surface area (Å²) in [6.07, 6.45) is 3.09. The summed E-state index contributed by atoms with van der Waals surface area (Å²) >= 11 is 0. The number of nitrogens with zero attached hydrogens (tertiary/aromatic N) is 2. The molecule has 14 heavy (non-hydrogen) atoms. The standard InChI is InChI=1S/C9H14N2O3/c1-9(4-2-3-5-13-9)8-10-7(6-12)14-11-8/h12H,2-6H2,1H3. The van der Waals surface area contributed by atoms with Crippen LogP contribution in [0.4, 0.5) is 0 Å². The Morgan fingerprint density at radius 1 is 1.50 bits per heavy atom. The van der Waals surface area contributed by atoms with Gasteiger partial charge in [0.05, 0.1) is 0 Å². The van der Waals surface area contributed by atoms with Crippen molar-refractivity contribution in [3.63, 3.8) is 0 Å². The van der Waals surface area contributed by atoms with Crippen LogP contribution in [0.2, 0.25) is 0 Å². The van der Waals surface area contributed by atoms with Gasteiger partial charge in [-0.3, -0.25) is 0 Å². The van der Waals surface area contributed by atoms with Gasteiger partial charge in [0.15, 0.2) is 0 Å². The van der Waals surface area contributed by atoms with Crippen LogP contribution < -0.4 is 0 Å². The average molecular weight is 198 g/mol. The zero-order valence-corrected chi connectivity index (χ0v) is 8.19. The largest absolute Gasteiger partial charge is 0.387 e. The maximum Gasteiger partial charge on any atom is 0.252 e. The van der Waals surface area contributed by atoms with Crippen molar-refractivity contribution in [3.8, 4) is 0 Å². The number of hydrogen-bond acceptors (Lipinski definition) is 5. The predicted molar refractivity (Wildman–Crippen MR) is 47.4 cm³/mol. The fourth-order valence-corrected chi connectivity index (χ4v) is 1.64. The highest BCUT2D eigenvalue weighted by Crippen LogP contribution is 2.32. The fourth-order valence-electron chi connectivity index (χ4n) is 1.64. The first-order valence-electron chi connectivity index (χ1n) is 4.82. The van der Waals surface area contributed by atoms with E-state index in [0.29, 0.717) is 5.82 Å². The van der Waals surface area contributed by atoms with Gasteiger partial charge < -0.3 is 14.4 Å². The minimum atomic E-state index is -0.435. The van der Waals surface area contributed by atoms with Crippen molar-refractivity contribution in [1.29, 1.82) is 0 Å². The number of rotatable bonds is 2. The van der Waals surface area contributed by atoms with E-state index in [2.05, 4.69) is 10.1 Å². The maximum absolute atomic E-state index is 8.80. The number of ether oxygens (including phenoxy) is 1. The molecule has 5 nitrogen and oxygen atoms in total. The molecule has 1 unspecified atom stereocenters. The van der Waals surface area contributed by atoms with E-state index >= 15 is 0 Å². The fraction of sp³-hybridized carbons (Fsp3) is 0.778. The van der Waals surface area contributed by atoms with Crippen molar-refractivity contribution in [1.82, 2.24) is 10.1 Å². The molecule has 1 saturated heterocycles. The first-order valence-corrected chi connectivity index (χ1v) is 4.82.